The van der Waals surface area contributed by atoms with Crippen molar-refractivity contribution >= 4 is 35.2 Å². The summed E-state index contributed by atoms with van der Waals surface area (Å²) in [6.45, 7) is 6.21. The van der Waals surface area contributed by atoms with Crippen molar-refractivity contribution in [3.63, 3.8) is 0 Å². The van der Waals surface area contributed by atoms with Gasteiger partial charge in [-0.2, -0.15) is 5.26 Å². The number of allylic oxidation sites excluding steroid dienone is 1. The molecular weight excluding hydrogens is 421 g/mol. The fourth-order valence-corrected chi connectivity index (χ4v) is 4.62. The minimum absolute atomic E-state index is 0.0396. The van der Waals surface area contributed by atoms with E-state index in [2.05, 4.69) is 24.1 Å². The van der Waals surface area contributed by atoms with Crippen molar-refractivity contribution in [3.8, 4) is 6.07 Å². The lowest BCUT2D eigenvalue weighted by Gasteiger charge is -2.27. The minimum Gasteiger partial charge on any atom is -0.378 e. The fraction of sp³-hybridized carbons (Fsp3) is 0.348. The summed E-state index contributed by atoms with van der Waals surface area (Å²) in [6, 6.07) is 7.35. The van der Waals surface area contributed by atoms with Crippen LogP contribution in [0.4, 0.5) is 0 Å². The number of hydrogen-bond donors (Lipinski definition) is 0. The van der Waals surface area contributed by atoms with Crippen molar-refractivity contribution in [2.24, 2.45) is 0 Å². The topological polar surface area (TPSA) is 66.2 Å². The summed E-state index contributed by atoms with van der Waals surface area (Å²) in [5, 5.41) is 10.2. The van der Waals surface area contributed by atoms with E-state index in [-0.39, 0.29) is 11.8 Å². The van der Waals surface area contributed by atoms with Gasteiger partial charge in [-0.15, -0.1) is 0 Å². The molecule has 1 atom stereocenters. The average molecular weight is 442 g/mol. The van der Waals surface area contributed by atoms with Crippen molar-refractivity contribution in [2.75, 3.05) is 26.3 Å². The van der Waals surface area contributed by atoms with Crippen LogP contribution in [0, 0.1) is 18.3 Å². The van der Waals surface area contributed by atoms with Gasteiger partial charge in [0.25, 0.3) is 5.91 Å². The van der Waals surface area contributed by atoms with E-state index in [9.17, 15) is 10.1 Å². The highest BCUT2D eigenvalue weighted by Crippen LogP contribution is 2.41. The van der Waals surface area contributed by atoms with Crippen LogP contribution in [0.1, 0.15) is 51.3 Å². The van der Waals surface area contributed by atoms with Crippen LogP contribution < -0.4 is 0 Å². The summed E-state index contributed by atoms with van der Waals surface area (Å²) < 4.78 is 5.33. The lowest BCUT2D eigenvalue weighted by atomic mass is 9.94. The molecule has 1 unspecified atom stereocenters. The number of hydrogen-bond acceptors (Lipinski definition) is 4. The van der Waals surface area contributed by atoms with Crippen LogP contribution in [0.15, 0.2) is 23.8 Å². The van der Waals surface area contributed by atoms with Gasteiger partial charge in [0.05, 0.1) is 29.5 Å². The predicted octanol–water partition coefficient (Wildman–Crippen LogP) is 4.78. The van der Waals surface area contributed by atoms with Crippen molar-refractivity contribution < 1.29 is 9.53 Å². The quantitative estimate of drug-likeness (QED) is 0.686. The molecule has 1 aliphatic heterocycles. The number of carbonyl (C=O) groups excluding carboxylic acids is 1. The van der Waals surface area contributed by atoms with E-state index in [0.717, 1.165) is 28.0 Å². The predicted molar refractivity (Wildman–Crippen MR) is 117 cm³/mol. The second-order valence-corrected chi connectivity index (χ2v) is 8.43. The zero-order chi connectivity index (χ0) is 21.4. The van der Waals surface area contributed by atoms with E-state index in [0.29, 0.717) is 54.0 Å². The van der Waals surface area contributed by atoms with Gasteiger partial charge in [0, 0.05) is 24.0 Å². The standard InChI is InChI=1S/C23H21Cl2N3O2/c1-13-9-16(12-26)27-22-14(2)15(10-18(13)22)11-19-20(24)4-3-17(21(19)25)23(29)28-5-7-30-8-6-28/h3-4,9-10,14H,5-8,11H2,1-2H3. The third-order valence-corrected chi connectivity index (χ3v) is 6.59. The van der Waals surface area contributed by atoms with Crippen molar-refractivity contribution in [1.82, 2.24) is 9.88 Å². The number of halogens is 2. The SMILES string of the molecule is Cc1cc(C#N)nc2c1C=C(Cc1c(Cl)ccc(C(=O)N3CCOCC3)c1Cl)C2C. The first kappa shape index (κ1) is 20.9. The highest BCUT2D eigenvalue weighted by molar-refractivity contribution is 6.38. The van der Waals surface area contributed by atoms with Gasteiger partial charge in [0.1, 0.15) is 11.8 Å². The van der Waals surface area contributed by atoms with E-state index in [1.54, 1.807) is 23.1 Å². The fourth-order valence-electron chi connectivity index (χ4n) is 4.04. The van der Waals surface area contributed by atoms with Gasteiger partial charge < -0.3 is 9.64 Å². The maximum Gasteiger partial charge on any atom is 0.255 e. The van der Waals surface area contributed by atoms with Crippen molar-refractivity contribution in [3.05, 3.63) is 67.5 Å². The number of aryl methyl sites for hydroxylation is 1. The van der Waals surface area contributed by atoms with E-state index in [1.807, 2.05) is 6.92 Å². The summed E-state index contributed by atoms with van der Waals surface area (Å²) in [5.74, 6) is -0.0631. The highest BCUT2D eigenvalue weighted by atomic mass is 35.5. The zero-order valence-electron chi connectivity index (χ0n) is 16.8. The van der Waals surface area contributed by atoms with Gasteiger partial charge in [0.2, 0.25) is 0 Å². The van der Waals surface area contributed by atoms with Crippen LogP contribution in [0.5, 0.6) is 0 Å². The molecule has 2 aromatic rings. The monoisotopic (exact) mass is 441 g/mol. The van der Waals surface area contributed by atoms with E-state index < -0.39 is 0 Å². The molecule has 2 heterocycles. The Balaban J connectivity index is 1.65. The van der Waals surface area contributed by atoms with Crippen LogP contribution in [0.2, 0.25) is 10.0 Å². The minimum atomic E-state index is -0.103. The second kappa shape index (κ2) is 8.39. The summed E-state index contributed by atoms with van der Waals surface area (Å²) in [6.07, 6.45) is 2.62. The summed E-state index contributed by atoms with van der Waals surface area (Å²) in [5.41, 5.74) is 5.69. The lowest BCUT2D eigenvalue weighted by Crippen LogP contribution is -2.40. The Kier molecular flexibility index (Phi) is 5.84. The number of rotatable bonds is 3. The van der Waals surface area contributed by atoms with Crippen LogP contribution in [-0.2, 0) is 11.2 Å². The van der Waals surface area contributed by atoms with E-state index >= 15 is 0 Å². The highest BCUT2D eigenvalue weighted by Gasteiger charge is 2.28. The maximum atomic E-state index is 13.0. The molecule has 1 amide bonds. The Bertz CT molecular complexity index is 1100. The normalized spacial score (nSPS) is 18.0. The van der Waals surface area contributed by atoms with E-state index in [4.69, 9.17) is 27.9 Å². The number of fused-ring (bicyclic) bond motifs is 1. The first-order chi connectivity index (χ1) is 14.4. The molecule has 1 saturated heterocycles. The zero-order valence-corrected chi connectivity index (χ0v) is 18.3. The molecule has 1 aliphatic carbocycles. The van der Waals surface area contributed by atoms with E-state index in [1.165, 1.54) is 0 Å². The largest absolute Gasteiger partial charge is 0.378 e. The molecule has 0 radical (unpaired) electrons. The number of carbonyl (C=O) groups is 1. The number of aromatic nitrogens is 1. The van der Waals surface area contributed by atoms with Gasteiger partial charge >= 0.3 is 0 Å². The number of nitriles is 1. The van der Waals surface area contributed by atoms with Gasteiger partial charge in [0.15, 0.2) is 0 Å². The first-order valence-electron chi connectivity index (χ1n) is 9.86. The van der Waals surface area contributed by atoms with Crippen LogP contribution in [-0.4, -0.2) is 42.1 Å². The number of ether oxygens (including phenoxy) is 1. The molecule has 154 valence electrons. The van der Waals surface area contributed by atoms with Gasteiger partial charge in [-0.3, -0.25) is 4.79 Å². The maximum absolute atomic E-state index is 13.0. The Morgan fingerprint density at radius 2 is 2.07 bits per heavy atom. The molecule has 5 nitrogen and oxygen atoms in total. The van der Waals surface area contributed by atoms with Crippen LogP contribution in [0.25, 0.3) is 6.08 Å². The summed E-state index contributed by atoms with van der Waals surface area (Å²) in [7, 11) is 0. The molecule has 0 bridgehead atoms. The molecular formula is C23H21Cl2N3O2. The lowest BCUT2D eigenvalue weighted by molar-refractivity contribution is 0.0303. The third-order valence-electron chi connectivity index (χ3n) is 5.80. The third kappa shape index (κ3) is 3.72. The number of amides is 1. The molecule has 2 aliphatic rings. The number of morpholine rings is 1. The molecule has 7 heteroatoms. The Labute approximate surface area is 185 Å². The molecule has 0 N–H and O–H groups in total. The van der Waals surface area contributed by atoms with Gasteiger partial charge in [-0.25, -0.2) is 4.98 Å². The molecule has 0 spiro atoms. The number of benzene rings is 1. The molecule has 4 rings (SSSR count). The Morgan fingerprint density at radius 1 is 1.33 bits per heavy atom. The van der Waals surface area contributed by atoms with Gasteiger partial charge in [-0.05, 0) is 48.2 Å². The van der Waals surface area contributed by atoms with Crippen LogP contribution in [0.3, 0.4) is 0 Å². The van der Waals surface area contributed by atoms with Crippen molar-refractivity contribution in [2.45, 2.75) is 26.2 Å². The number of nitrogens with zero attached hydrogens (tertiary/aromatic N) is 3. The smallest absolute Gasteiger partial charge is 0.255 e. The van der Waals surface area contributed by atoms with Crippen molar-refractivity contribution in [1.29, 1.82) is 5.26 Å². The molecule has 1 aromatic carbocycles. The molecule has 1 aromatic heterocycles. The first-order valence-corrected chi connectivity index (χ1v) is 10.6. The summed E-state index contributed by atoms with van der Waals surface area (Å²) >= 11 is 13.2. The second-order valence-electron chi connectivity index (χ2n) is 7.64. The summed E-state index contributed by atoms with van der Waals surface area (Å²) in [4.78, 5) is 19.2. The molecule has 30 heavy (non-hydrogen) atoms. The number of pyridine rings is 1. The van der Waals surface area contributed by atoms with Crippen LogP contribution >= 0.6 is 23.2 Å². The molecule has 0 saturated carbocycles. The van der Waals surface area contributed by atoms with Gasteiger partial charge in [-0.1, -0.05) is 41.8 Å². The Morgan fingerprint density at radius 3 is 2.77 bits per heavy atom. The molecule has 1 fully saturated rings. The average Bonchev–Trinajstić information content (AvgIpc) is 3.07. The Hall–Kier alpha value is -2.39.